The predicted molar refractivity (Wildman–Crippen MR) is 46.1 cm³/mol. The highest BCUT2D eigenvalue weighted by Crippen LogP contribution is 2.10. The molecule has 1 aromatic rings. The fourth-order valence-corrected chi connectivity index (χ4v) is 0.511. The molecule has 1 saturated heterocycles. The van der Waals surface area contributed by atoms with Crippen LogP contribution >= 0.6 is 0 Å². The minimum absolute atomic E-state index is 0.646. The molecule has 0 spiro atoms. The lowest BCUT2D eigenvalue weighted by Crippen LogP contribution is -1.91. The van der Waals surface area contributed by atoms with Gasteiger partial charge in [0.2, 0.25) is 0 Å². The van der Waals surface area contributed by atoms with Crippen molar-refractivity contribution in [3.8, 4) is 0 Å². The number of hydrogen-bond donors (Lipinski definition) is 2. The molecule has 3 nitrogen and oxygen atoms in total. The van der Waals surface area contributed by atoms with Gasteiger partial charge in [0, 0.05) is 0 Å². The molecule has 11 heavy (non-hydrogen) atoms. The van der Waals surface area contributed by atoms with Crippen LogP contribution in [0.3, 0.4) is 0 Å². The van der Waals surface area contributed by atoms with E-state index in [1.807, 2.05) is 12.1 Å². The van der Waals surface area contributed by atoms with Crippen LogP contribution in [0.25, 0.3) is 0 Å². The molecular weight excluding hydrogens is 140 g/mol. The third-order valence-corrected chi connectivity index (χ3v) is 1.20. The highest BCUT2D eigenvalue weighted by atomic mass is 16.6. The van der Waals surface area contributed by atoms with Crippen molar-refractivity contribution in [3.05, 3.63) is 24.3 Å². The molecular formula is C8H12N2O. The van der Waals surface area contributed by atoms with E-state index in [0.717, 1.165) is 13.2 Å². The van der Waals surface area contributed by atoms with Gasteiger partial charge >= 0.3 is 0 Å². The third kappa shape index (κ3) is 3.47. The minimum atomic E-state index is 0.646. The molecule has 4 N–H and O–H groups in total. The number of rotatable bonds is 0. The van der Waals surface area contributed by atoms with Gasteiger partial charge in [0.05, 0.1) is 24.6 Å². The standard InChI is InChI=1S/C6H8N2.C2H4O/c7-5-3-1-2-4-6(5)8;1-2-3-1/h1-4H,7-8H2;1-2H2. The molecule has 60 valence electrons. The van der Waals surface area contributed by atoms with Gasteiger partial charge in [-0.15, -0.1) is 0 Å². The summed E-state index contributed by atoms with van der Waals surface area (Å²) >= 11 is 0. The van der Waals surface area contributed by atoms with Gasteiger partial charge in [-0.3, -0.25) is 0 Å². The van der Waals surface area contributed by atoms with Crippen molar-refractivity contribution in [2.45, 2.75) is 0 Å². The van der Waals surface area contributed by atoms with Crippen LogP contribution in [-0.4, -0.2) is 13.2 Å². The van der Waals surface area contributed by atoms with Gasteiger partial charge in [-0.2, -0.15) is 0 Å². The van der Waals surface area contributed by atoms with E-state index in [-0.39, 0.29) is 0 Å². The summed E-state index contributed by atoms with van der Waals surface area (Å²) in [5.41, 5.74) is 12.1. The van der Waals surface area contributed by atoms with Gasteiger partial charge in [-0.1, -0.05) is 12.1 Å². The Morgan fingerprint density at radius 2 is 1.36 bits per heavy atom. The van der Waals surface area contributed by atoms with Gasteiger partial charge in [0.15, 0.2) is 0 Å². The fraction of sp³-hybridized carbons (Fsp3) is 0.250. The van der Waals surface area contributed by atoms with Crippen molar-refractivity contribution in [2.24, 2.45) is 0 Å². The van der Waals surface area contributed by atoms with Gasteiger partial charge in [0.1, 0.15) is 0 Å². The number of nitrogens with two attached hydrogens (primary N) is 2. The van der Waals surface area contributed by atoms with Gasteiger partial charge in [0.25, 0.3) is 0 Å². The number of para-hydroxylation sites is 2. The zero-order valence-corrected chi connectivity index (χ0v) is 6.29. The average Bonchev–Trinajstić information content (AvgIpc) is 2.80. The Morgan fingerprint density at radius 3 is 1.55 bits per heavy atom. The molecule has 0 amide bonds. The Morgan fingerprint density at radius 1 is 1.00 bits per heavy atom. The van der Waals surface area contributed by atoms with Gasteiger partial charge in [-0.25, -0.2) is 0 Å². The summed E-state index contributed by atoms with van der Waals surface area (Å²) in [4.78, 5) is 0. The molecule has 0 aliphatic carbocycles. The van der Waals surface area contributed by atoms with Crippen LogP contribution in [0.1, 0.15) is 0 Å². The van der Waals surface area contributed by atoms with E-state index in [1.165, 1.54) is 0 Å². The SMILES string of the molecule is C1CO1.Nc1ccccc1N. The lowest BCUT2D eigenvalue weighted by molar-refractivity contribution is 0.475. The van der Waals surface area contributed by atoms with Crippen molar-refractivity contribution >= 4 is 11.4 Å². The molecule has 0 saturated carbocycles. The Hall–Kier alpha value is -1.22. The van der Waals surface area contributed by atoms with Crippen molar-refractivity contribution < 1.29 is 4.74 Å². The summed E-state index contributed by atoms with van der Waals surface area (Å²) in [6.45, 7) is 2.00. The van der Waals surface area contributed by atoms with Crippen LogP contribution < -0.4 is 11.5 Å². The number of epoxide rings is 1. The Bertz CT molecular complexity index is 199. The van der Waals surface area contributed by atoms with E-state index < -0.39 is 0 Å². The lowest BCUT2D eigenvalue weighted by atomic mass is 10.3. The largest absolute Gasteiger partial charge is 0.397 e. The predicted octanol–water partition coefficient (Wildman–Crippen LogP) is 0.868. The number of ether oxygens (including phenoxy) is 1. The quantitative estimate of drug-likeness (QED) is 0.428. The van der Waals surface area contributed by atoms with Gasteiger partial charge < -0.3 is 16.2 Å². The molecule has 0 radical (unpaired) electrons. The zero-order chi connectivity index (χ0) is 8.10. The molecule has 1 fully saturated rings. The second-order valence-corrected chi connectivity index (χ2v) is 2.24. The van der Waals surface area contributed by atoms with Crippen LogP contribution in [0.2, 0.25) is 0 Å². The highest BCUT2D eigenvalue weighted by molar-refractivity contribution is 5.62. The van der Waals surface area contributed by atoms with Crippen molar-refractivity contribution in [1.82, 2.24) is 0 Å². The summed E-state index contributed by atoms with van der Waals surface area (Å²) in [5, 5.41) is 0. The Balaban J connectivity index is 0.000000167. The smallest absolute Gasteiger partial charge is 0.0701 e. The number of anilines is 2. The second-order valence-electron chi connectivity index (χ2n) is 2.24. The molecule has 3 heteroatoms. The van der Waals surface area contributed by atoms with E-state index in [0.29, 0.717) is 11.4 Å². The summed E-state index contributed by atoms with van der Waals surface area (Å²) in [6, 6.07) is 7.25. The van der Waals surface area contributed by atoms with Crippen molar-refractivity contribution in [2.75, 3.05) is 24.7 Å². The first-order valence-electron chi connectivity index (χ1n) is 3.48. The van der Waals surface area contributed by atoms with Gasteiger partial charge in [-0.05, 0) is 12.1 Å². The average molecular weight is 152 g/mol. The first-order chi connectivity index (χ1) is 5.30. The molecule has 0 unspecified atom stereocenters. The Labute approximate surface area is 66.0 Å². The summed E-state index contributed by atoms with van der Waals surface area (Å²) in [7, 11) is 0. The maximum atomic E-state index is 5.39. The lowest BCUT2D eigenvalue weighted by Gasteiger charge is -1.94. The van der Waals surface area contributed by atoms with E-state index in [1.54, 1.807) is 12.1 Å². The number of nitrogen functional groups attached to an aromatic ring is 2. The molecule has 2 rings (SSSR count). The van der Waals surface area contributed by atoms with E-state index in [2.05, 4.69) is 4.74 Å². The molecule has 0 bridgehead atoms. The van der Waals surface area contributed by atoms with E-state index in [9.17, 15) is 0 Å². The summed E-state index contributed by atoms with van der Waals surface area (Å²) < 4.78 is 4.50. The molecule has 1 heterocycles. The van der Waals surface area contributed by atoms with E-state index in [4.69, 9.17) is 11.5 Å². The molecule has 0 aromatic heterocycles. The Kier molecular flexibility index (Phi) is 2.74. The normalized spacial score (nSPS) is 13.1. The fourth-order valence-electron chi connectivity index (χ4n) is 0.511. The second kappa shape index (κ2) is 3.83. The summed E-state index contributed by atoms with van der Waals surface area (Å²) in [6.07, 6.45) is 0. The van der Waals surface area contributed by atoms with Crippen LogP contribution in [0.15, 0.2) is 24.3 Å². The van der Waals surface area contributed by atoms with Crippen molar-refractivity contribution in [1.29, 1.82) is 0 Å². The maximum absolute atomic E-state index is 5.39. The number of hydrogen-bond acceptors (Lipinski definition) is 3. The number of benzene rings is 1. The first kappa shape index (κ1) is 7.88. The van der Waals surface area contributed by atoms with Crippen LogP contribution in [0.5, 0.6) is 0 Å². The van der Waals surface area contributed by atoms with Crippen molar-refractivity contribution in [3.63, 3.8) is 0 Å². The molecule has 1 aromatic carbocycles. The van der Waals surface area contributed by atoms with Crippen LogP contribution in [-0.2, 0) is 4.74 Å². The summed E-state index contributed by atoms with van der Waals surface area (Å²) in [5.74, 6) is 0. The third-order valence-electron chi connectivity index (χ3n) is 1.20. The zero-order valence-electron chi connectivity index (χ0n) is 6.29. The minimum Gasteiger partial charge on any atom is -0.397 e. The maximum Gasteiger partial charge on any atom is 0.0701 e. The van der Waals surface area contributed by atoms with E-state index >= 15 is 0 Å². The highest BCUT2D eigenvalue weighted by Gasteiger charge is 1.94. The molecule has 1 aliphatic rings. The first-order valence-corrected chi connectivity index (χ1v) is 3.48. The van der Waals surface area contributed by atoms with Crippen LogP contribution in [0.4, 0.5) is 11.4 Å². The topological polar surface area (TPSA) is 64.6 Å². The monoisotopic (exact) mass is 152 g/mol. The molecule has 0 atom stereocenters. The molecule has 1 aliphatic heterocycles. The van der Waals surface area contributed by atoms with Crippen LogP contribution in [0, 0.1) is 0 Å².